The summed E-state index contributed by atoms with van der Waals surface area (Å²) >= 11 is 0. The summed E-state index contributed by atoms with van der Waals surface area (Å²) in [5.74, 6) is 0.679. The molecule has 0 saturated carbocycles. The summed E-state index contributed by atoms with van der Waals surface area (Å²) in [4.78, 5) is 32.9. The van der Waals surface area contributed by atoms with Crippen LogP contribution in [0.15, 0.2) is 12.4 Å². The Balaban J connectivity index is 1.65. The minimum atomic E-state index is -0.660. The van der Waals surface area contributed by atoms with Crippen molar-refractivity contribution in [3.05, 3.63) is 18.0 Å². The van der Waals surface area contributed by atoms with Crippen LogP contribution in [-0.4, -0.2) is 48.2 Å². The maximum absolute atomic E-state index is 11.3. The van der Waals surface area contributed by atoms with E-state index < -0.39 is 12.0 Å². The number of ether oxygens (including phenoxy) is 1. The lowest BCUT2D eigenvalue weighted by atomic mass is 9.94. The van der Waals surface area contributed by atoms with E-state index in [2.05, 4.69) is 31.8 Å². The summed E-state index contributed by atoms with van der Waals surface area (Å²) in [5.41, 5.74) is 6.05. The largest absolute Gasteiger partial charge is 0.439 e. The number of carbonyl (C=O) groups excluding carboxylic acids is 2. The Morgan fingerprint density at radius 2 is 2.00 bits per heavy atom. The van der Waals surface area contributed by atoms with Crippen molar-refractivity contribution in [2.24, 2.45) is 11.7 Å². The molecule has 1 aromatic heterocycles. The van der Waals surface area contributed by atoms with Crippen LogP contribution >= 0.6 is 0 Å². The van der Waals surface area contributed by atoms with E-state index >= 15 is 0 Å². The minimum absolute atomic E-state index is 0.388. The van der Waals surface area contributed by atoms with Crippen LogP contribution in [0.3, 0.4) is 0 Å². The van der Waals surface area contributed by atoms with Crippen molar-refractivity contribution in [2.75, 3.05) is 31.1 Å². The van der Waals surface area contributed by atoms with E-state index in [0.717, 1.165) is 50.3 Å². The maximum atomic E-state index is 11.3. The first kappa shape index (κ1) is 18.0. The molecule has 1 saturated heterocycles. The Kier molecular flexibility index (Phi) is 6.77. The van der Waals surface area contributed by atoms with E-state index in [4.69, 9.17) is 5.73 Å². The first-order valence-electron chi connectivity index (χ1n) is 8.33. The van der Waals surface area contributed by atoms with Gasteiger partial charge in [-0.3, -0.25) is 4.79 Å². The van der Waals surface area contributed by atoms with Crippen molar-refractivity contribution in [1.82, 2.24) is 15.3 Å². The van der Waals surface area contributed by atoms with Crippen molar-refractivity contribution in [2.45, 2.75) is 32.6 Å². The third kappa shape index (κ3) is 5.68. The molecule has 1 aromatic rings. The number of aromatic nitrogens is 2. The molecule has 2 heterocycles. The predicted molar refractivity (Wildman–Crippen MR) is 89.5 cm³/mol. The molecule has 1 aliphatic rings. The average Bonchev–Trinajstić information content (AvgIpc) is 2.61. The van der Waals surface area contributed by atoms with Crippen LogP contribution in [0.4, 0.5) is 10.7 Å². The number of alkyl carbamates (subject to hydrolysis) is 1. The summed E-state index contributed by atoms with van der Waals surface area (Å²) < 4.78 is 4.64. The average molecular weight is 335 g/mol. The van der Waals surface area contributed by atoms with Gasteiger partial charge in [-0.2, -0.15) is 0 Å². The molecule has 2 amide bonds. The Bertz CT molecular complexity index is 541. The molecule has 0 radical (unpaired) electrons. The highest BCUT2D eigenvalue weighted by Gasteiger charge is 2.20. The number of hydrogen-bond acceptors (Lipinski definition) is 6. The second-order valence-corrected chi connectivity index (χ2v) is 5.93. The number of aryl methyl sites for hydroxylation is 1. The molecule has 0 spiro atoms. The standard InChI is InChI=1S/C16H25N5O3/c1-2-12-9-19-15(20-10-12)21-7-4-13(5-8-21)3-6-18-16(23)24-11-14(17)22/h9-10,13H,2-8,11H2,1H3,(H2,17,22)(H,18,23). The van der Waals surface area contributed by atoms with Gasteiger partial charge >= 0.3 is 6.09 Å². The molecule has 1 fully saturated rings. The molecule has 3 N–H and O–H groups in total. The van der Waals surface area contributed by atoms with Crippen LogP contribution in [-0.2, 0) is 16.0 Å². The van der Waals surface area contributed by atoms with Crippen LogP contribution in [0.25, 0.3) is 0 Å². The fraction of sp³-hybridized carbons (Fsp3) is 0.625. The zero-order valence-electron chi connectivity index (χ0n) is 14.0. The highest BCUT2D eigenvalue weighted by atomic mass is 16.6. The molecule has 2 rings (SSSR count). The minimum Gasteiger partial charge on any atom is -0.439 e. The predicted octanol–water partition coefficient (Wildman–Crippen LogP) is 0.857. The molecule has 24 heavy (non-hydrogen) atoms. The number of amides is 2. The fourth-order valence-electron chi connectivity index (χ4n) is 2.68. The number of carbonyl (C=O) groups is 2. The second-order valence-electron chi connectivity index (χ2n) is 5.93. The van der Waals surface area contributed by atoms with Crippen LogP contribution < -0.4 is 16.0 Å². The summed E-state index contributed by atoms with van der Waals surface area (Å²) in [6.45, 7) is 4.07. The smallest absolute Gasteiger partial charge is 0.407 e. The molecular weight excluding hydrogens is 310 g/mol. The normalized spacial score (nSPS) is 15.1. The van der Waals surface area contributed by atoms with E-state index in [-0.39, 0.29) is 6.61 Å². The van der Waals surface area contributed by atoms with Gasteiger partial charge < -0.3 is 20.7 Å². The molecule has 0 unspecified atom stereocenters. The summed E-state index contributed by atoms with van der Waals surface area (Å²) in [7, 11) is 0. The molecule has 132 valence electrons. The summed E-state index contributed by atoms with van der Waals surface area (Å²) in [5, 5.41) is 2.63. The van der Waals surface area contributed by atoms with Gasteiger partial charge in [-0.15, -0.1) is 0 Å². The summed E-state index contributed by atoms with van der Waals surface area (Å²) in [6.07, 6.45) is 7.07. The molecule has 0 aromatic carbocycles. The number of hydrogen-bond donors (Lipinski definition) is 2. The number of nitrogens with two attached hydrogens (primary N) is 1. The first-order valence-corrected chi connectivity index (χ1v) is 8.33. The van der Waals surface area contributed by atoms with E-state index in [1.807, 2.05) is 12.4 Å². The Morgan fingerprint density at radius 3 is 2.58 bits per heavy atom. The summed E-state index contributed by atoms with van der Waals surface area (Å²) in [6, 6.07) is 0. The van der Waals surface area contributed by atoms with Crippen molar-refractivity contribution in [1.29, 1.82) is 0 Å². The van der Waals surface area contributed by atoms with E-state index in [1.165, 1.54) is 0 Å². The molecule has 8 heteroatoms. The number of nitrogens with one attached hydrogen (secondary N) is 1. The van der Waals surface area contributed by atoms with Crippen LogP contribution in [0.5, 0.6) is 0 Å². The van der Waals surface area contributed by atoms with Gasteiger partial charge in [0.25, 0.3) is 5.91 Å². The maximum Gasteiger partial charge on any atom is 0.407 e. The van der Waals surface area contributed by atoms with Crippen LogP contribution in [0.2, 0.25) is 0 Å². The van der Waals surface area contributed by atoms with Crippen LogP contribution in [0, 0.1) is 5.92 Å². The zero-order chi connectivity index (χ0) is 17.4. The number of anilines is 1. The van der Waals surface area contributed by atoms with Crippen molar-refractivity contribution in [3.8, 4) is 0 Å². The van der Waals surface area contributed by atoms with Gasteiger partial charge in [0.05, 0.1) is 0 Å². The van der Waals surface area contributed by atoms with E-state index in [0.29, 0.717) is 12.5 Å². The monoisotopic (exact) mass is 335 g/mol. The molecule has 8 nitrogen and oxygen atoms in total. The van der Waals surface area contributed by atoms with Gasteiger partial charge in [-0.05, 0) is 37.2 Å². The Morgan fingerprint density at radius 1 is 1.33 bits per heavy atom. The SMILES string of the molecule is CCc1cnc(N2CCC(CCNC(=O)OCC(N)=O)CC2)nc1. The number of rotatable bonds is 7. The molecule has 0 atom stereocenters. The lowest BCUT2D eigenvalue weighted by molar-refractivity contribution is -0.120. The van der Waals surface area contributed by atoms with E-state index in [1.54, 1.807) is 0 Å². The second kappa shape index (κ2) is 9.05. The zero-order valence-corrected chi connectivity index (χ0v) is 14.0. The first-order chi connectivity index (χ1) is 11.6. The molecule has 1 aliphatic heterocycles. The lowest BCUT2D eigenvalue weighted by Gasteiger charge is -2.32. The van der Waals surface area contributed by atoms with Gasteiger partial charge in [0.2, 0.25) is 5.95 Å². The van der Waals surface area contributed by atoms with Crippen molar-refractivity contribution < 1.29 is 14.3 Å². The number of nitrogens with zero attached hydrogens (tertiary/aromatic N) is 3. The quantitative estimate of drug-likeness (QED) is 0.764. The molecular formula is C16H25N5O3. The van der Waals surface area contributed by atoms with Gasteiger partial charge in [0.15, 0.2) is 6.61 Å². The highest BCUT2D eigenvalue weighted by molar-refractivity contribution is 5.78. The van der Waals surface area contributed by atoms with Gasteiger partial charge in [0.1, 0.15) is 0 Å². The van der Waals surface area contributed by atoms with Gasteiger partial charge in [-0.1, -0.05) is 6.92 Å². The van der Waals surface area contributed by atoms with Gasteiger partial charge in [-0.25, -0.2) is 14.8 Å². The highest BCUT2D eigenvalue weighted by Crippen LogP contribution is 2.22. The third-order valence-corrected chi connectivity index (χ3v) is 4.16. The van der Waals surface area contributed by atoms with Gasteiger partial charge in [0, 0.05) is 32.0 Å². The van der Waals surface area contributed by atoms with E-state index in [9.17, 15) is 9.59 Å². The molecule has 0 bridgehead atoms. The molecule has 0 aliphatic carbocycles. The van der Waals surface area contributed by atoms with Crippen molar-refractivity contribution in [3.63, 3.8) is 0 Å². The lowest BCUT2D eigenvalue weighted by Crippen LogP contribution is -2.36. The van der Waals surface area contributed by atoms with Crippen molar-refractivity contribution >= 4 is 17.9 Å². The Hall–Kier alpha value is -2.38. The fourth-order valence-corrected chi connectivity index (χ4v) is 2.68. The number of primary amides is 1. The Labute approximate surface area is 141 Å². The van der Waals surface area contributed by atoms with Crippen LogP contribution in [0.1, 0.15) is 31.7 Å². The number of piperidine rings is 1. The topological polar surface area (TPSA) is 110 Å². The third-order valence-electron chi connectivity index (χ3n) is 4.16.